The summed E-state index contributed by atoms with van der Waals surface area (Å²) in [5, 5.41) is 0. The van der Waals surface area contributed by atoms with E-state index in [-0.39, 0.29) is 11.7 Å². The molecule has 104 valence electrons. The normalized spacial score (nSPS) is 16.4. The molecule has 0 spiro atoms. The molecule has 19 heavy (non-hydrogen) atoms. The molecule has 1 aromatic heterocycles. The predicted molar refractivity (Wildman–Crippen MR) is 67.6 cm³/mol. The van der Waals surface area contributed by atoms with Gasteiger partial charge in [-0.1, -0.05) is 0 Å². The maximum atomic E-state index is 11.3. The van der Waals surface area contributed by atoms with Gasteiger partial charge < -0.3 is 14.1 Å². The standard InChI is InChI=1S/C13H18N2O4/c1-10(16)15-7-5-14(6-8-15)9-11-3-4-12(19-11)13(17)18-2/h3-4H,5-9H2,1-2H3. The van der Waals surface area contributed by atoms with Crippen molar-refractivity contribution in [3.63, 3.8) is 0 Å². The smallest absolute Gasteiger partial charge is 0.373 e. The topological polar surface area (TPSA) is 63.0 Å². The number of hydrogen-bond donors (Lipinski definition) is 0. The molecule has 0 aromatic carbocycles. The molecule has 1 amide bonds. The first-order valence-corrected chi connectivity index (χ1v) is 6.25. The second-order valence-electron chi connectivity index (χ2n) is 4.54. The number of hydrogen-bond acceptors (Lipinski definition) is 5. The van der Waals surface area contributed by atoms with E-state index < -0.39 is 5.97 Å². The van der Waals surface area contributed by atoms with Gasteiger partial charge in [0.1, 0.15) is 5.76 Å². The lowest BCUT2D eigenvalue weighted by molar-refractivity contribution is -0.130. The van der Waals surface area contributed by atoms with Crippen LogP contribution < -0.4 is 0 Å². The minimum absolute atomic E-state index is 0.116. The van der Waals surface area contributed by atoms with E-state index in [4.69, 9.17) is 4.42 Å². The minimum Gasteiger partial charge on any atom is -0.463 e. The van der Waals surface area contributed by atoms with Gasteiger partial charge in [-0.2, -0.15) is 0 Å². The fourth-order valence-electron chi connectivity index (χ4n) is 2.11. The van der Waals surface area contributed by atoms with E-state index >= 15 is 0 Å². The van der Waals surface area contributed by atoms with Gasteiger partial charge in [0.2, 0.25) is 11.7 Å². The number of methoxy groups -OCH3 is 1. The molecule has 0 saturated carbocycles. The highest BCUT2D eigenvalue weighted by molar-refractivity contribution is 5.86. The van der Waals surface area contributed by atoms with E-state index in [1.54, 1.807) is 19.1 Å². The predicted octanol–water partition coefficient (Wildman–Crippen LogP) is 0.730. The molecule has 0 atom stereocenters. The summed E-state index contributed by atoms with van der Waals surface area (Å²) in [4.78, 5) is 26.5. The summed E-state index contributed by atoms with van der Waals surface area (Å²) in [6, 6.07) is 3.40. The zero-order valence-electron chi connectivity index (χ0n) is 11.2. The first-order valence-electron chi connectivity index (χ1n) is 6.25. The first kappa shape index (κ1) is 13.6. The number of carbonyl (C=O) groups excluding carboxylic acids is 2. The number of nitrogens with zero attached hydrogens (tertiary/aromatic N) is 2. The van der Waals surface area contributed by atoms with Gasteiger partial charge >= 0.3 is 5.97 Å². The molecule has 1 aliphatic heterocycles. The van der Waals surface area contributed by atoms with Gasteiger partial charge in [-0.25, -0.2) is 4.79 Å². The number of esters is 1. The lowest BCUT2D eigenvalue weighted by atomic mass is 10.3. The van der Waals surface area contributed by atoms with E-state index in [0.29, 0.717) is 6.54 Å². The highest BCUT2D eigenvalue weighted by Gasteiger charge is 2.20. The molecule has 6 heteroatoms. The van der Waals surface area contributed by atoms with E-state index in [9.17, 15) is 9.59 Å². The molecule has 1 aromatic rings. The number of rotatable bonds is 3. The highest BCUT2D eigenvalue weighted by atomic mass is 16.5. The van der Waals surface area contributed by atoms with Crippen LogP contribution in [0.3, 0.4) is 0 Å². The quantitative estimate of drug-likeness (QED) is 0.755. The average molecular weight is 266 g/mol. The molecule has 2 heterocycles. The molecular formula is C13H18N2O4. The van der Waals surface area contributed by atoms with Crippen molar-refractivity contribution in [1.82, 2.24) is 9.80 Å². The molecule has 0 N–H and O–H groups in total. The average Bonchev–Trinajstić information content (AvgIpc) is 2.87. The number of carbonyl (C=O) groups is 2. The summed E-state index contributed by atoms with van der Waals surface area (Å²) in [6.45, 7) is 5.33. The van der Waals surface area contributed by atoms with Gasteiger partial charge in [0.15, 0.2) is 0 Å². The van der Waals surface area contributed by atoms with Crippen LogP contribution in [0, 0.1) is 0 Å². The molecule has 0 aliphatic carbocycles. The molecule has 6 nitrogen and oxygen atoms in total. The van der Waals surface area contributed by atoms with Crippen molar-refractivity contribution in [2.45, 2.75) is 13.5 Å². The lowest BCUT2D eigenvalue weighted by Crippen LogP contribution is -2.47. The molecule has 0 radical (unpaired) electrons. The van der Waals surface area contributed by atoms with Crippen molar-refractivity contribution in [1.29, 1.82) is 0 Å². The van der Waals surface area contributed by atoms with Gasteiger partial charge in [-0.15, -0.1) is 0 Å². The Bertz CT molecular complexity index is 461. The Morgan fingerprint density at radius 3 is 2.53 bits per heavy atom. The van der Waals surface area contributed by atoms with Crippen LogP contribution in [0.1, 0.15) is 23.2 Å². The summed E-state index contributed by atoms with van der Waals surface area (Å²) < 4.78 is 10.0. The molecular weight excluding hydrogens is 248 g/mol. The maximum Gasteiger partial charge on any atom is 0.373 e. The SMILES string of the molecule is COC(=O)c1ccc(CN2CCN(C(C)=O)CC2)o1. The van der Waals surface area contributed by atoms with Crippen LogP contribution in [0.2, 0.25) is 0 Å². The van der Waals surface area contributed by atoms with Crippen LogP contribution in [0.25, 0.3) is 0 Å². The number of ether oxygens (including phenoxy) is 1. The van der Waals surface area contributed by atoms with Crippen LogP contribution in [0.15, 0.2) is 16.5 Å². The summed E-state index contributed by atoms with van der Waals surface area (Å²) >= 11 is 0. The zero-order valence-corrected chi connectivity index (χ0v) is 11.2. The number of piperazine rings is 1. The lowest BCUT2D eigenvalue weighted by Gasteiger charge is -2.33. The third-order valence-electron chi connectivity index (χ3n) is 3.25. The van der Waals surface area contributed by atoms with E-state index in [1.165, 1.54) is 7.11 Å². The van der Waals surface area contributed by atoms with E-state index in [0.717, 1.165) is 31.9 Å². The van der Waals surface area contributed by atoms with Crippen molar-refractivity contribution in [2.75, 3.05) is 33.3 Å². The Morgan fingerprint density at radius 2 is 1.95 bits per heavy atom. The molecule has 1 fully saturated rings. The van der Waals surface area contributed by atoms with Gasteiger partial charge in [0.05, 0.1) is 13.7 Å². The van der Waals surface area contributed by atoms with Crippen molar-refractivity contribution < 1.29 is 18.7 Å². The Balaban J connectivity index is 1.87. The van der Waals surface area contributed by atoms with E-state index in [1.807, 2.05) is 4.90 Å². The molecule has 1 aliphatic rings. The van der Waals surface area contributed by atoms with Crippen LogP contribution >= 0.6 is 0 Å². The number of furan rings is 1. The second kappa shape index (κ2) is 5.88. The zero-order chi connectivity index (χ0) is 13.8. The summed E-state index contributed by atoms with van der Waals surface area (Å²) in [5.74, 6) is 0.606. The van der Waals surface area contributed by atoms with Gasteiger partial charge in [-0.05, 0) is 12.1 Å². The third-order valence-corrected chi connectivity index (χ3v) is 3.25. The van der Waals surface area contributed by atoms with Crippen LogP contribution in [0.5, 0.6) is 0 Å². The summed E-state index contributed by atoms with van der Waals surface area (Å²) in [7, 11) is 1.32. The number of amides is 1. The molecule has 0 bridgehead atoms. The van der Waals surface area contributed by atoms with E-state index in [2.05, 4.69) is 9.64 Å². The molecule has 0 unspecified atom stereocenters. The van der Waals surface area contributed by atoms with Gasteiger partial charge in [0, 0.05) is 33.1 Å². The van der Waals surface area contributed by atoms with Crippen molar-refractivity contribution in [2.24, 2.45) is 0 Å². The largest absolute Gasteiger partial charge is 0.463 e. The van der Waals surface area contributed by atoms with Crippen molar-refractivity contribution in [3.8, 4) is 0 Å². The van der Waals surface area contributed by atoms with Crippen LogP contribution in [-0.4, -0.2) is 55.0 Å². The molecule has 1 saturated heterocycles. The van der Waals surface area contributed by atoms with Gasteiger partial charge in [0.25, 0.3) is 0 Å². The first-order chi connectivity index (χ1) is 9.10. The maximum absolute atomic E-state index is 11.3. The van der Waals surface area contributed by atoms with Gasteiger partial charge in [-0.3, -0.25) is 9.69 Å². The van der Waals surface area contributed by atoms with Crippen molar-refractivity contribution >= 4 is 11.9 Å². The van der Waals surface area contributed by atoms with Crippen LogP contribution in [-0.2, 0) is 16.1 Å². The fraction of sp³-hybridized carbons (Fsp3) is 0.538. The van der Waals surface area contributed by atoms with Crippen molar-refractivity contribution in [3.05, 3.63) is 23.7 Å². The van der Waals surface area contributed by atoms with Crippen LogP contribution in [0.4, 0.5) is 0 Å². The third kappa shape index (κ3) is 3.35. The summed E-state index contributed by atoms with van der Waals surface area (Å²) in [6.07, 6.45) is 0. The molecule has 2 rings (SSSR count). The highest BCUT2D eigenvalue weighted by Crippen LogP contribution is 2.13. The second-order valence-corrected chi connectivity index (χ2v) is 4.54. The summed E-state index contributed by atoms with van der Waals surface area (Å²) in [5.41, 5.74) is 0. The Kier molecular flexibility index (Phi) is 4.21. The Labute approximate surface area is 111 Å². The Hall–Kier alpha value is -1.82. The fourth-order valence-corrected chi connectivity index (χ4v) is 2.11. The monoisotopic (exact) mass is 266 g/mol. The minimum atomic E-state index is -0.465. The Morgan fingerprint density at radius 1 is 1.26 bits per heavy atom.